The molecule has 1 saturated carbocycles. The Kier molecular flexibility index (Phi) is 5.27. The highest BCUT2D eigenvalue weighted by molar-refractivity contribution is 6.31. The highest BCUT2D eigenvalue weighted by atomic mass is 35.5. The van der Waals surface area contributed by atoms with Crippen LogP contribution in [0.25, 0.3) is 6.08 Å². The molecule has 0 spiro atoms. The summed E-state index contributed by atoms with van der Waals surface area (Å²) in [4.78, 5) is 27.6. The maximum Gasteiger partial charge on any atom is 0.417 e. The molecule has 2 amide bonds. The van der Waals surface area contributed by atoms with Crippen molar-refractivity contribution in [2.75, 3.05) is 26.2 Å². The number of alkyl halides is 3. The standard InChI is InChI=1S/C18H18ClF3N2O2/c19-15-5-1-12(11-14(15)18(20,21)22)2-6-16(25)23-7-9-24(10-8-23)17(26)13-3-4-13/h1-2,5-6,11,13H,3-4,7-10H2/b6-2+. The molecule has 26 heavy (non-hydrogen) atoms. The van der Waals surface area contributed by atoms with Gasteiger partial charge >= 0.3 is 6.18 Å². The van der Waals surface area contributed by atoms with E-state index >= 15 is 0 Å². The van der Waals surface area contributed by atoms with E-state index in [1.807, 2.05) is 0 Å². The highest BCUT2D eigenvalue weighted by Gasteiger charge is 2.35. The Labute approximate surface area is 154 Å². The predicted octanol–water partition coefficient (Wildman–Crippen LogP) is 3.45. The van der Waals surface area contributed by atoms with Crippen LogP contribution in [0.5, 0.6) is 0 Å². The van der Waals surface area contributed by atoms with Gasteiger partial charge in [0.1, 0.15) is 0 Å². The minimum absolute atomic E-state index is 0.157. The lowest BCUT2D eigenvalue weighted by molar-refractivity contribution is -0.138. The Morgan fingerprint density at radius 2 is 1.69 bits per heavy atom. The van der Waals surface area contributed by atoms with Gasteiger partial charge < -0.3 is 9.80 Å². The van der Waals surface area contributed by atoms with Crippen molar-refractivity contribution in [3.63, 3.8) is 0 Å². The molecule has 0 radical (unpaired) electrons. The maximum atomic E-state index is 12.9. The van der Waals surface area contributed by atoms with Crippen molar-refractivity contribution in [1.29, 1.82) is 0 Å². The van der Waals surface area contributed by atoms with E-state index in [1.165, 1.54) is 18.2 Å². The topological polar surface area (TPSA) is 40.6 Å². The number of carbonyl (C=O) groups excluding carboxylic acids is 2. The largest absolute Gasteiger partial charge is 0.417 e. The molecule has 0 atom stereocenters. The molecule has 3 rings (SSSR count). The van der Waals surface area contributed by atoms with Crippen molar-refractivity contribution >= 4 is 29.5 Å². The van der Waals surface area contributed by atoms with Crippen LogP contribution in [0.4, 0.5) is 13.2 Å². The third-order valence-electron chi connectivity index (χ3n) is 4.54. The minimum Gasteiger partial charge on any atom is -0.339 e. The van der Waals surface area contributed by atoms with Crippen LogP contribution in [-0.4, -0.2) is 47.8 Å². The first-order chi connectivity index (χ1) is 12.3. The zero-order valence-corrected chi connectivity index (χ0v) is 14.7. The second-order valence-corrected chi connectivity index (χ2v) is 6.90. The number of halogens is 4. The van der Waals surface area contributed by atoms with Crippen LogP contribution in [0.2, 0.25) is 5.02 Å². The molecule has 0 N–H and O–H groups in total. The van der Waals surface area contributed by atoms with E-state index in [9.17, 15) is 22.8 Å². The van der Waals surface area contributed by atoms with Gasteiger partial charge in [0, 0.05) is 38.2 Å². The zero-order chi connectivity index (χ0) is 18.9. The third-order valence-corrected chi connectivity index (χ3v) is 4.87. The van der Waals surface area contributed by atoms with E-state index in [4.69, 9.17) is 11.6 Å². The van der Waals surface area contributed by atoms with Crippen LogP contribution in [0, 0.1) is 5.92 Å². The summed E-state index contributed by atoms with van der Waals surface area (Å²) in [7, 11) is 0. The van der Waals surface area contributed by atoms with Gasteiger partial charge in [-0.25, -0.2) is 0 Å². The van der Waals surface area contributed by atoms with Gasteiger partial charge in [0.25, 0.3) is 0 Å². The van der Waals surface area contributed by atoms with Gasteiger partial charge in [0.2, 0.25) is 11.8 Å². The fraction of sp³-hybridized carbons (Fsp3) is 0.444. The van der Waals surface area contributed by atoms with Gasteiger partial charge in [0.15, 0.2) is 0 Å². The number of amides is 2. The first kappa shape index (κ1) is 18.8. The van der Waals surface area contributed by atoms with Gasteiger partial charge in [-0.2, -0.15) is 13.2 Å². The summed E-state index contributed by atoms with van der Waals surface area (Å²) in [6, 6.07) is 3.50. The second kappa shape index (κ2) is 7.31. The van der Waals surface area contributed by atoms with Crippen LogP contribution in [0.1, 0.15) is 24.0 Å². The average molecular weight is 387 g/mol. The number of piperazine rings is 1. The SMILES string of the molecule is O=C(/C=C/c1ccc(Cl)c(C(F)(F)F)c1)N1CCN(C(=O)C2CC2)CC1. The molecule has 0 unspecified atom stereocenters. The lowest BCUT2D eigenvalue weighted by Crippen LogP contribution is -2.50. The van der Waals surface area contributed by atoms with E-state index in [-0.39, 0.29) is 28.3 Å². The third kappa shape index (κ3) is 4.38. The zero-order valence-electron chi connectivity index (χ0n) is 13.9. The smallest absolute Gasteiger partial charge is 0.339 e. The Morgan fingerprint density at radius 1 is 1.08 bits per heavy atom. The molecule has 0 aromatic heterocycles. The fourth-order valence-corrected chi connectivity index (χ4v) is 3.10. The molecule has 140 valence electrons. The van der Waals surface area contributed by atoms with Gasteiger partial charge in [-0.15, -0.1) is 0 Å². The monoisotopic (exact) mass is 386 g/mol. The molecule has 2 fully saturated rings. The lowest BCUT2D eigenvalue weighted by Gasteiger charge is -2.34. The van der Waals surface area contributed by atoms with E-state index < -0.39 is 11.7 Å². The van der Waals surface area contributed by atoms with Crippen LogP contribution in [0.15, 0.2) is 24.3 Å². The number of rotatable bonds is 3. The first-order valence-electron chi connectivity index (χ1n) is 8.38. The van der Waals surface area contributed by atoms with Crippen LogP contribution < -0.4 is 0 Å². The molecule has 1 aromatic carbocycles. The summed E-state index contributed by atoms with van der Waals surface area (Å²) in [5.41, 5.74) is -0.682. The first-order valence-corrected chi connectivity index (χ1v) is 8.76. The van der Waals surface area contributed by atoms with Crippen LogP contribution in [-0.2, 0) is 15.8 Å². The quantitative estimate of drug-likeness (QED) is 0.746. The molecule has 1 heterocycles. The fourth-order valence-electron chi connectivity index (χ4n) is 2.87. The molecule has 1 aliphatic heterocycles. The summed E-state index contributed by atoms with van der Waals surface area (Å²) < 4.78 is 38.6. The van der Waals surface area contributed by atoms with E-state index in [0.29, 0.717) is 26.2 Å². The van der Waals surface area contributed by atoms with Crippen LogP contribution in [0.3, 0.4) is 0 Å². The van der Waals surface area contributed by atoms with E-state index in [2.05, 4.69) is 0 Å². The molecule has 8 heteroatoms. The van der Waals surface area contributed by atoms with Gasteiger partial charge in [-0.1, -0.05) is 17.7 Å². The number of carbonyl (C=O) groups is 2. The molecular weight excluding hydrogens is 369 g/mol. The van der Waals surface area contributed by atoms with Crippen LogP contribution >= 0.6 is 11.6 Å². The van der Waals surface area contributed by atoms with Crippen molar-refractivity contribution in [3.8, 4) is 0 Å². The summed E-state index contributed by atoms with van der Waals surface area (Å²) in [5.74, 6) is 0.0328. The normalized spacial score (nSPS) is 18.5. The van der Waals surface area contributed by atoms with Crippen molar-refractivity contribution in [2.45, 2.75) is 19.0 Å². The average Bonchev–Trinajstić information content (AvgIpc) is 3.44. The lowest BCUT2D eigenvalue weighted by atomic mass is 10.1. The molecule has 4 nitrogen and oxygen atoms in total. The Balaban J connectivity index is 1.59. The maximum absolute atomic E-state index is 12.9. The summed E-state index contributed by atoms with van der Waals surface area (Å²) in [5, 5.41) is -0.377. The van der Waals surface area contributed by atoms with Gasteiger partial charge in [-0.05, 0) is 36.6 Å². The van der Waals surface area contributed by atoms with Crippen molar-refractivity contribution in [2.24, 2.45) is 5.92 Å². The Hall–Kier alpha value is -2.02. The molecule has 2 aliphatic rings. The molecular formula is C18H18ClF3N2O2. The number of hydrogen-bond acceptors (Lipinski definition) is 2. The minimum atomic E-state index is -4.55. The predicted molar refractivity (Wildman–Crippen MR) is 91.4 cm³/mol. The van der Waals surface area contributed by atoms with Gasteiger partial charge in [0.05, 0.1) is 10.6 Å². The number of nitrogens with zero attached hydrogens (tertiary/aromatic N) is 2. The van der Waals surface area contributed by atoms with E-state index in [1.54, 1.807) is 9.80 Å². The second-order valence-electron chi connectivity index (χ2n) is 6.50. The molecule has 1 aromatic rings. The van der Waals surface area contributed by atoms with Gasteiger partial charge in [-0.3, -0.25) is 9.59 Å². The Bertz CT molecular complexity index is 736. The molecule has 1 saturated heterocycles. The Morgan fingerprint density at radius 3 is 2.27 bits per heavy atom. The highest BCUT2D eigenvalue weighted by Crippen LogP contribution is 2.35. The number of benzene rings is 1. The van der Waals surface area contributed by atoms with Crippen molar-refractivity contribution < 1.29 is 22.8 Å². The molecule has 1 aliphatic carbocycles. The summed E-state index contributed by atoms with van der Waals surface area (Å²) in [6.45, 7) is 1.84. The van der Waals surface area contributed by atoms with Crippen molar-refractivity contribution in [3.05, 3.63) is 40.4 Å². The van der Waals surface area contributed by atoms with E-state index in [0.717, 1.165) is 25.0 Å². The van der Waals surface area contributed by atoms with Crippen molar-refractivity contribution in [1.82, 2.24) is 9.80 Å². The molecule has 0 bridgehead atoms. The summed E-state index contributed by atoms with van der Waals surface area (Å²) in [6.07, 6.45) is -0.0593. The summed E-state index contributed by atoms with van der Waals surface area (Å²) >= 11 is 5.58. The number of hydrogen-bond donors (Lipinski definition) is 0.